The van der Waals surface area contributed by atoms with Crippen molar-refractivity contribution < 1.29 is 9.53 Å². The average Bonchev–Trinajstić information content (AvgIpc) is 2.53. The van der Waals surface area contributed by atoms with Crippen LogP contribution in [0.3, 0.4) is 0 Å². The van der Waals surface area contributed by atoms with E-state index in [1.54, 1.807) is 0 Å². The number of esters is 1. The Bertz CT molecular complexity index is 305. The van der Waals surface area contributed by atoms with Crippen molar-refractivity contribution in [3.8, 4) is 0 Å². The fourth-order valence-electron chi connectivity index (χ4n) is 1.95. The topological polar surface area (TPSA) is 62.7 Å². The van der Waals surface area contributed by atoms with Crippen LogP contribution in [0.25, 0.3) is 0 Å². The number of halogens is 1. The molecule has 0 atom stereocenters. The largest absolute Gasteiger partial charge is 0.469 e. The molecule has 7 heteroatoms. The van der Waals surface area contributed by atoms with Gasteiger partial charge >= 0.3 is 5.97 Å². The third-order valence-electron chi connectivity index (χ3n) is 3.20. The summed E-state index contributed by atoms with van der Waals surface area (Å²) in [4.78, 5) is 15.5. The second-order valence-electron chi connectivity index (χ2n) is 5.13. The van der Waals surface area contributed by atoms with Gasteiger partial charge in [-0.1, -0.05) is 12.8 Å². The molecule has 0 rings (SSSR count). The molecule has 0 heterocycles. The number of rotatable bonds is 13. The Kier molecular flexibility index (Phi) is 21.6. The Labute approximate surface area is 163 Å². The van der Waals surface area contributed by atoms with Crippen molar-refractivity contribution in [1.82, 2.24) is 10.6 Å². The van der Waals surface area contributed by atoms with E-state index in [0.717, 1.165) is 51.3 Å². The monoisotopic (exact) mass is 459 g/mol. The molecule has 5 nitrogen and oxygen atoms in total. The number of hydrogen-bond acceptors (Lipinski definition) is 4. The van der Waals surface area contributed by atoms with Gasteiger partial charge in [0, 0.05) is 26.1 Å². The van der Waals surface area contributed by atoms with Crippen molar-refractivity contribution in [3.63, 3.8) is 0 Å². The van der Waals surface area contributed by atoms with Crippen LogP contribution in [0, 0.1) is 0 Å². The average molecular weight is 459 g/mol. The molecule has 0 saturated heterocycles. The highest BCUT2D eigenvalue weighted by Crippen LogP contribution is 2.04. The van der Waals surface area contributed by atoms with E-state index in [-0.39, 0.29) is 29.9 Å². The van der Waals surface area contributed by atoms with Gasteiger partial charge in [0.25, 0.3) is 0 Å². The number of carbonyl (C=O) groups excluding carboxylic acids is 1. The van der Waals surface area contributed by atoms with Crippen molar-refractivity contribution in [1.29, 1.82) is 0 Å². The predicted molar refractivity (Wildman–Crippen MR) is 112 cm³/mol. The predicted octanol–water partition coefficient (Wildman–Crippen LogP) is 3.43. The third kappa shape index (κ3) is 18.0. The fourth-order valence-corrected chi connectivity index (χ4v) is 2.44. The van der Waals surface area contributed by atoms with E-state index < -0.39 is 0 Å². The molecular weight excluding hydrogens is 425 g/mol. The van der Waals surface area contributed by atoms with Crippen LogP contribution in [-0.2, 0) is 9.53 Å². The van der Waals surface area contributed by atoms with Crippen LogP contribution in [0.5, 0.6) is 0 Å². The molecule has 0 amide bonds. The number of hydrogen-bond donors (Lipinski definition) is 2. The van der Waals surface area contributed by atoms with Gasteiger partial charge in [0.1, 0.15) is 0 Å². The number of thioether (sulfide) groups is 1. The highest BCUT2D eigenvalue weighted by atomic mass is 127. The lowest BCUT2D eigenvalue weighted by molar-refractivity contribution is -0.140. The zero-order valence-corrected chi connectivity index (χ0v) is 18.0. The number of unbranched alkanes of at least 4 members (excludes halogenated alkanes) is 4. The zero-order valence-electron chi connectivity index (χ0n) is 14.9. The minimum Gasteiger partial charge on any atom is -0.469 e. The first kappa shape index (κ1) is 25.1. The van der Waals surface area contributed by atoms with Gasteiger partial charge in [-0.2, -0.15) is 11.8 Å². The Morgan fingerprint density at radius 2 is 1.83 bits per heavy atom. The first-order valence-corrected chi connectivity index (χ1v) is 9.71. The Morgan fingerprint density at radius 1 is 1.09 bits per heavy atom. The normalized spacial score (nSPS) is 10.8. The van der Waals surface area contributed by atoms with Gasteiger partial charge in [-0.15, -0.1) is 24.0 Å². The van der Waals surface area contributed by atoms with Gasteiger partial charge in [0.05, 0.1) is 7.11 Å². The van der Waals surface area contributed by atoms with Crippen LogP contribution in [0.1, 0.15) is 51.9 Å². The van der Waals surface area contributed by atoms with E-state index in [2.05, 4.69) is 33.5 Å². The van der Waals surface area contributed by atoms with Crippen LogP contribution in [0.2, 0.25) is 0 Å². The third-order valence-corrected chi connectivity index (χ3v) is 3.90. The number of carbonyl (C=O) groups is 1. The van der Waals surface area contributed by atoms with E-state index in [0.29, 0.717) is 6.42 Å². The molecule has 0 saturated carbocycles. The van der Waals surface area contributed by atoms with Crippen molar-refractivity contribution in [2.75, 3.05) is 38.8 Å². The number of guanidine groups is 1. The number of aliphatic imine (C=N–C) groups is 1. The van der Waals surface area contributed by atoms with Gasteiger partial charge in [-0.25, -0.2) is 0 Å². The van der Waals surface area contributed by atoms with E-state index in [1.807, 2.05) is 11.8 Å². The van der Waals surface area contributed by atoms with Crippen LogP contribution >= 0.6 is 35.7 Å². The molecule has 0 aromatic rings. The summed E-state index contributed by atoms with van der Waals surface area (Å²) < 4.78 is 4.62. The smallest absolute Gasteiger partial charge is 0.305 e. The molecule has 0 aromatic carbocycles. The second-order valence-corrected chi connectivity index (χ2v) is 6.11. The summed E-state index contributed by atoms with van der Waals surface area (Å²) >= 11 is 1.89. The van der Waals surface area contributed by atoms with Gasteiger partial charge in [-0.3, -0.25) is 9.79 Å². The standard InChI is InChI=1S/C16H33N3O2S.HI/c1-4-17-16(19-13-9-10-14-22-3)18-12-8-6-5-7-11-15(20)21-2;/h4-14H2,1-3H3,(H2,17,18,19);1H. The summed E-state index contributed by atoms with van der Waals surface area (Å²) in [5, 5.41) is 6.64. The van der Waals surface area contributed by atoms with Crippen molar-refractivity contribution in [2.45, 2.75) is 51.9 Å². The van der Waals surface area contributed by atoms with Crippen LogP contribution in [0.15, 0.2) is 4.99 Å². The molecule has 0 fully saturated rings. The molecule has 138 valence electrons. The number of methoxy groups -OCH3 is 1. The highest BCUT2D eigenvalue weighted by molar-refractivity contribution is 14.0. The first-order valence-electron chi connectivity index (χ1n) is 8.32. The molecule has 2 N–H and O–H groups in total. The molecule has 0 radical (unpaired) electrons. The van der Waals surface area contributed by atoms with Gasteiger partial charge in [-0.05, 0) is 44.6 Å². The van der Waals surface area contributed by atoms with Gasteiger partial charge in [0.2, 0.25) is 0 Å². The lowest BCUT2D eigenvalue weighted by atomic mass is 10.1. The lowest BCUT2D eigenvalue weighted by Crippen LogP contribution is -2.37. The zero-order chi connectivity index (χ0) is 16.5. The maximum Gasteiger partial charge on any atom is 0.305 e. The van der Waals surface area contributed by atoms with Crippen molar-refractivity contribution in [2.24, 2.45) is 4.99 Å². The molecule has 0 aliphatic heterocycles. The van der Waals surface area contributed by atoms with E-state index >= 15 is 0 Å². The summed E-state index contributed by atoms with van der Waals surface area (Å²) in [5.74, 6) is 2.03. The second kappa shape index (κ2) is 19.9. The van der Waals surface area contributed by atoms with E-state index in [1.165, 1.54) is 25.7 Å². The number of ether oxygens (including phenoxy) is 1. The molecular formula is C16H34IN3O2S. The SMILES string of the molecule is CCNC(=NCCCCCCC(=O)OC)NCCCCSC.I. The molecule has 0 bridgehead atoms. The Balaban J connectivity index is 0. The number of nitrogens with one attached hydrogen (secondary N) is 2. The van der Waals surface area contributed by atoms with Crippen LogP contribution in [-0.4, -0.2) is 50.7 Å². The van der Waals surface area contributed by atoms with Crippen molar-refractivity contribution in [3.05, 3.63) is 0 Å². The number of nitrogens with zero attached hydrogens (tertiary/aromatic N) is 1. The minimum absolute atomic E-state index is 0. The van der Waals surface area contributed by atoms with Gasteiger partial charge in [0.15, 0.2) is 5.96 Å². The summed E-state index contributed by atoms with van der Waals surface area (Å²) in [7, 11) is 1.44. The lowest BCUT2D eigenvalue weighted by Gasteiger charge is -2.11. The Morgan fingerprint density at radius 3 is 2.48 bits per heavy atom. The highest BCUT2D eigenvalue weighted by Gasteiger charge is 1.99. The molecule has 0 unspecified atom stereocenters. The minimum atomic E-state index is -0.113. The van der Waals surface area contributed by atoms with E-state index in [9.17, 15) is 4.79 Å². The summed E-state index contributed by atoms with van der Waals surface area (Å²) in [6.45, 7) is 4.78. The first-order chi connectivity index (χ1) is 10.7. The molecule has 0 aromatic heterocycles. The summed E-state index contributed by atoms with van der Waals surface area (Å²) in [5.41, 5.74) is 0. The summed E-state index contributed by atoms with van der Waals surface area (Å²) in [6.07, 6.45) is 9.22. The van der Waals surface area contributed by atoms with E-state index in [4.69, 9.17) is 0 Å². The quantitative estimate of drug-likeness (QED) is 0.145. The van der Waals surface area contributed by atoms with Crippen molar-refractivity contribution >= 4 is 47.7 Å². The Hall–Kier alpha value is -0.180. The fraction of sp³-hybridized carbons (Fsp3) is 0.875. The van der Waals surface area contributed by atoms with Gasteiger partial charge < -0.3 is 15.4 Å². The maximum atomic E-state index is 11.0. The van der Waals surface area contributed by atoms with Crippen LogP contribution in [0.4, 0.5) is 0 Å². The molecule has 23 heavy (non-hydrogen) atoms. The summed E-state index contributed by atoms with van der Waals surface area (Å²) in [6, 6.07) is 0. The van der Waals surface area contributed by atoms with Crippen LogP contribution < -0.4 is 10.6 Å². The molecule has 0 spiro atoms. The maximum absolute atomic E-state index is 11.0. The molecule has 0 aliphatic rings. The molecule has 0 aliphatic carbocycles.